The third kappa shape index (κ3) is 24.1. The first kappa shape index (κ1) is 57.8. The number of unbranched alkanes of at least 4 members (excludes halogenated alkanes) is 27. The van der Waals surface area contributed by atoms with Crippen LogP contribution in [0.3, 0.4) is 0 Å². The van der Waals surface area contributed by atoms with Gasteiger partial charge in [0, 0.05) is 6.92 Å². The van der Waals surface area contributed by atoms with E-state index in [9.17, 15) is 19.8 Å². The average Bonchev–Trinajstić information content (AvgIpc) is 3.35. The van der Waals surface area contributed by atoms with Crippen LogP contribution in [-0.4, -0.2) is 53.1 Å². The summed E-state index contributed by atoms with van der Waals surface area (Å²) in [4.78, 5) is 26.5. The third-order valence-electron chi connectivity index (χ3n) is 13.7. The predicted octanol–water partition coefficient (Wildman–Crippen LogP) is 15.3. The van der Waals surface area contributed by atoms with Crippen molar-refractivity contribution in [3.8, 4) is 0 Å². The second-order valence-electron chi connectivity index (χ2n) is 19.5. The topological polar surface area (TPSA) is 105 Å². The van der Waals surface area contributed by atoms with E-state index in [1.54, 1.807) is 0 Å². The van der Waals surface area contributed by atoms with Gasteiger partial charge in [-0.2, -0.15) is 0 Å². The van der Waals surface area contributed by atoms with Crippen molar-refractivity contribution in [3.05, 3.63) is 108 Å². The first-order valence-electron chi connectivity index (χ1n) is 27.5. The van der Waals surface area contributed by atoms with Crippen molar-refractivity contribution < 1.29 is 29.3 Å². The number of benzene rings is 3. The molecule has 3 aromatic rings. The van der Waals surface area contributed by atoms with E-state index >= 15 is 0 Å². The fraction of sp³-hybridized carbons (Fsp3) is 0.667. The van der Waals surface area contributed by atoms with Crippen molar-refractivity contribution in [2.45, 2.75) is 250 Å². The van der Waals surface area contributed by atoms with Crippen molar-refractivity contribution >= 4 is 11.9 Å². The number of hydrogen-bond donors (Lipinski definition) is 3. The van der Waals surface area contributed by atoms with Gasteiger partial charge in [-0.15, -0.1) is 0 Å². The molecule has 7 heteroatoms. The fourth-order valence-corrected chi connectivity index (χ4v) is 9.62. The Bertz CT molecular complexity index is 1520. The maximum atomic E-state index is 14.2. The summed E-state index contributed by atoms with van der Waals surface area (Å²) >= 11 is 0. The van der Waals surface area contributed by atoms with Gasteiger partial charge in [0.15, 0.2) is 6.10 Å². The van der Waals surface area contributed by atoms with Gasteiger partial charge in [0.25, 0.3) is 5.91 Å². The number of hydrogen-bond acceptors (Lipinski definition) is 6. The zero-order chi connectivity index (χ0) is 48.1. The summed E-state index contributed by atoms with van der Waals surface area (Å²) in [7, 11) is 0. The minimum Gasteiger partial charge on any atom is -0.452 e. The van der Waals surface area contributed by atoms with Crippen LogP contribution in [0, 0.1) is 0 Å². The summed E-state index contributed by atoms with van der Waals surface area (Å²) < 4.78 is 12.7. The van der Waals surface area contributed by atoms with Crippen molar-refractivity contribution in [1.82, 2.24) is 5.32 Å². The van der Waals surface area contributed by atoms with Crippen LogP contribution in [0.1, 0.15) is 237 Å². The Hall–Kier alpha value is -3.52. The van der Waals surface area contributed by atoms with E-state index in [1.165, 1.54) is 148 Å². The molecule has 7 nitrogen and oxygen atoms in total. The summed E-state index contributed by atoms with van der Waals surface area (Å²) in [6.45, 7) is 5.73. The molecule has 0 fully saturated rings. The molecule has 0 aliphatic rings. The van der Waals surface area contributed by atoms with Crippen LogP contribution in [0.25, 0.3) is 0 Å². The molecular weight excluding hydrogens is 831 g/mol. The molecule has 1 amide bonds. The van der Waals surface area contributed by atoms with E-state index in [0.717, 1.165) is 61.6 Å². The number of carbonyl (C=O) groups is 2. The van der Waals surface area contributed by atoms with Crippen LogP contribution in [-0.2, 0) is 24.7 Å². The number of carbonyl (C=O) groups excluding carboxylic acids is 2. The minimum atomic E-state index is -1.32. The second kappa shape index (κ2) is 37.4. The van der Waals surface area contributed by atoms with Gasteiger partial charge in [-0.1, -0.05) is 285 Å². The number of rotatable bonds is 42. The number of aliphatic hydroxyl groups is 2. The Morgan fingerprint density at radius 3 is 1.12 bits per heavy atom. The number of nitrogens with one attached hydrogen (secondary N) is 1. The molecule has 0 radical (unpaired) electrons. The second-order valence-corrected chi connectivity index (χ2v) is 19.5. The van der Waals surface area contributed by atoms with Crippen LogP contribution in [0.2, 0.25) is 0 Å². The average molecular weight is 926 g/mol. The molecule has 0 heterocycles. The van der Waals surface area contributed by atoms with Crippen LogP contribution >= 0.6 is 0 Å². The van der Waals surface area contributed by atoms with Crippen molar-refractivity contribution in [1.29, 1.82) is 0 Å². The van der Waals surface area contributed by atoms with Crippen LogP contribution in [0.5, 0.6) is 0 Å². The molecule has 376 valence electrons. The summed E-state index contributed by atoms with van der Waals surface area (Å²) in [5.74, 6) is -1.01. The lowest BCUT2D eigenvalue weighted by atomic mass is 9.80. The maximum absolute atomic E-state index is 14.2. The summed E-state index contributed by atoms with van der Waals surface area (Å²) in [5, 5.41) is 26.5. The molecule has 0 spiro atoms. The van der Waals surface area contributed by atoms with Crippen molar-refractivity contribution in [2.75, 3.05) is 6.61 Å². The number of aliphatic hydroxyl groups excluding tert-OH is 2. The molecule has 0 aliphatic heterocycles. The van der Waals surface area contributed by atoms with E-state index in [4.69, 9.17) is 9.47 Å². The zero-order valence-electron chi connectivity index (χ0n) is 42.6. The predicted molar refractivity (Wildman–Crippen MR) is 279 cm³/mol. The smallest absolute Gasteiger partial charge is 0.303 e. The Labute approximate surface area is 409 Å². The van der Waals surface area contributed by atoms with Crippen LogP contribution in [0.4, 0.5) is 0 Å². The maximum Gasteiger partial charge on any atom is 0.303 e. The highest BCUT2D eigenvalue weighted by molar-refractivity contribution is 5.83. The molecule has 0 saturated carbocycles. The minimum absolute atomic E-state index is 0.119. The summed E-state index contributed by atoms with van der Waals surface area (Å²) in [6, 6.07) is 29.0. The Kier molecular flexibility index (Phi) is 32.2. The van der Waals surface area contributed by atoms with E-state index in [2.05, 4.69) is 19.2 Å². The lowest BCUT2D eigenvalue weighted by Crippen LogP contribution is -2.55. The van der Waals surface area contributed by atoms with Crippen molar-refractivity contribution in [2.24, 2.45) is 0 Å². The monoisotopic (exact) mass is 926 g/mol. The molecule has 3 aromatic carbocycles. The highest BCUT2D eigenvalue weighted by atomic mass is 16.5. The quantitative estimate of drug-likeness (QED) is 0.0297. The van der Waals surface area contributed by atoms with Gasteiger partial charge in [-0.25, -0.2) is 0 Å². The van der Waals surface area contributed by atoms with Gasteiger partial charge >= 0.3 is 5.97 Å². The van der Waals surface area contributed by atoms with Gasteiger partial charge < -0.3 is 25.0 Å². The molecule has 0 unspecified atom stereocenters. The van der Waals surface area contributed by atoms with E-state index in [0.29, 0.717) is 12.8 Å². The summed E-state index contributed by atoms with van der Waals surface area (Å²) in [6.07, 6.45) is 33.5. The van der Waals surface area contributed by atoms with Gasteiger partial charge in [0.1, 0.15) is 11.7 Å². The molecule has 67 heavy (non-hydrogen) atoms. The third-order valence-corrected chi connectivity index (χ3v) is 13.7. The van der Waals surface area contributed by atoms with Crippen LogP contribution < -0.4 is 5.32 Å². The van der Waals surface area contributed by atoms with Crippen molar-refractivity contribution in [3.63, 3.8) is 0 Å². The molecule has 3 N–H and O–H groups in total. The fourth-order valence-electron chi connectivity index (χ4n) is 9.62. The SMILES string of the molecule is CCCCCCCCCCCCCCCCCCCCCC[C@@H](OC(C)=O)C(=O)N[C@@H](COC(c1ccccc1)(c1ccccc1)c1ccccc1)[C@H](O)[C@H](O)CCCCCCCCCCC. The molecule has 4 atom stereocenters. The van der Waals surface area contributed by atoms with E-state index in [-0.39, 0.29) is 6.61 Å². The van der Waals surface area contributed by atoms with Gasteiger partial charge in [0.05, 0.1) is 18.8 Å². The number of esters is 1. The molecule has 0 aliphatic carbocycles. The Morgan fingerprint density at radius 2 is 0.791 bits per heavy atom. The molecule has 0 bridgehead atoms. The first-order chi connectivity index (χ1) is 32.8. The Morgan fingerprint density at radius 1 is 0.478 bits per heavy atom. The number of amides is 1. The highest BCUT2D eigenvalue weighted by Gasteiger charge is 2.40. The molecule has 0 saturated heterocycles. The largest absolute Gasteiger partial charge is 0.452 e. The van der Waals surface area contributed by atoms with E-state index in [1.807, 2.05) is 91.0 Å². The standard InChI is InChI=1S/C60H95NO6/c1-4-6-8-10-12-14-15-16-17-18-19-20-21-22-23-24-26-28-30-41-49-57(67-51(3)62)59(65)61-55(58(64)56(63)48-40-29-27-25-13-11-9-7-5-2)50-66-60(52-42-34-31-35-43-52,53-44-36-32-37-45-53)54-46-38-33-39-47-54/h31-39,42-47,55-58,63-64H,4-30,40-41,48-50H2,1-3H3,(H,61,65)/t55-,56+,57+,58-/m0/s1. The Balaban J connectivity index is 1.58. The number of ether oxygens (including phenoxy) is 2. The van der Waals surface area contributed by atoms with E-state index < -0.39 is 41.8 Å². The normalized spacial score (nSPS) is 13.5. The van der Waals surface area contributed by atoms with Crippen LogP contribution in [0.15, 0.2) is 91.0 Å². The first-order valence-corrected chi connectivity index (χ1v) is 27.5. The van der Waals surface area contributed by atoms with Gasteiger partial charge in [-0.3, -0.25) is 9.59 Å². The summed E-state index contributed by atoms with van der Waals surface area (Å²) in [5.41, 5.74) is 1.56. The highest BCUT2D eigenvalue weighted by Crippen LogP contribution is 2.40. The van der Waals surface area contributed by atoms with Gasteiger partial charge in [0.2, 0.25) is 0 Å². The lowest BCUT2D eigenvalue weighted by molar-refractivity contribution is -0.155. The molecular formula is C60H95NO6. The van der Waals surface area contributed by atoms with Gasteiger partial charge in [-0.05, 0) is 36.0 Å². The molecule has 0 aromatic heterocycles. The lowest BCUT2D eigenvalue weighted by Gasteiger charge is -2.38. The molecule has 3 rings (SSSR count). The zero-order valence-corrected chi connectivity index (χ0v) is 42.6.